The highest BCUT2D eigenvalue weighted by atomic mass is 16.1. The van der Waals surface area contributed by atoms with Gasteiger partial charge in [0.15, 0.2) is 5.78 Å². The summed E-state index contributed by atoms with van der Waals surface area (Å²) < 4.78 is 1.88. The second-order valence-electron chi connectivity index (χ2n) is 6.93. The highest BCUT2D eigenvalue weighted by Gasteiger charge is 2.19. The zero-order valence-electron chi connectivity index (χ0n) is 15.4. The van der Waals surface area contributed by atoms with Crippen LogP contribution >= 0.6 is 0 Å². The molecule has 138 valence electrons. The highest BCUT2D eigenvalue weighted by molar-refractivity contribution is 5.80. The maximum absolute atomic E-state index is 12.5. The van der Waals surface area contributed by atoms with Crippen molar-refractivity contribution < 1.29 is 4.79 Å². The lowest BCUT2D eigenvalue weighted by atomic mass is 10.2. The van der Waals surface area contributed by atoms with Crippen LogP contribution in [0.1, 0.15) is 0 Å². The number of hydrogen-bond acceptors (Lipinski definition) is 4. The molecule has 1 saturated heterocycles. The molecular weight excluding hydrogens is 336 g/mol. The third-order valence-electron chi connectivity index (χ3n) is 4.96. The summed E-state index contributed by atoms with van der Waals surface area (Å²) >= 11 is 0. The van der Waals surface area contributed by atoms with Crippen LogP contribution in [0, 0.1) is 0 Å². The zero-order chi connectivity index (χ0) is 18.5. The zero-order valence-corrected chi connectivity index (χ0v) is 15.4. The molecule has 0 atom stereocenters. The highest BCUT2D eigenvalue weighted by Crippen LogP contribution is 2.17. The minimum atomic E-state index is 0.222. The van der Waals surface area contributed by atoms with Gasteiger partial charge in [0.2, 0.25) is 0 Å². The molecule has 0 radical (unpaired) electrons. The SMILES string of the molecule is O=C(CN1CCN(c2ccccc2)CC1)Cn1cnc(-c2ccccc2)c1. The molecule has 2 heterocycles. The number of hydrogen-bond donors (Lipinski definition) is 0. The molecule has 27 heavy (non-hydrogen) atoms. The number of anilines is 1. The summed E-state index contributed by atoms with van der Waals surface area (Å²) in [5.74, 6) is 0.222. The van der Waals surface area contributed by atoms with Gasteiger partial charge in [-0.25, -0.2) is 4.98 Å². The number of piperazine rings is 1. The largest absolute Gasteiger partial charge is 0.369 e. The van der Waals surface area contributed by atoms with E-state index in [0.29, 0.717) is 13.1 Å². The lowest BCUT2D eigenvalue weighted by molar-refractivity contribution is -0.120. The van der Waals surface area contributed by atoms with Crippen LogP contribution in [0.4, 0.5) is 5.69 Å². The molecular formula is C22H24N4O. The number of carbonyl (C=O) groups excluding carboxylic acids is 1. The molecule has 1 aliphatic rings. The Kier molecular flexibility index (Phi) is 5.30. The van der Waals surface area contributed by atoms with Crippen LogP contribution in [0.5, 0.6) is 0 Å². The van der Waals surface area contributed by atoms with E-state index in [1.807, 2.05) is 47.2 Å². The fourth-order valence-electron chi connectivity index (χ4n) is 3.51. The Bertz CT molecular complexity index is 868. The standard InChI is InChI=1S/C22H24N4O/c27-21(16-25-17-22(23-18-25)19-7-3-1-4-8-19)15-24-11-13-26(14-12-24)20-9-5-2-6-10-20/h1-10,17-18H,11-16H2. The van der Waals surface area contributed by atoms with Crippen LogP contribution in [-0.2, 0) is 11.3 Å². The topological polar surface area (TPSA) is 41.4 Å². The lowest BCUT2D eigenvalue weighted by Crippen LogP contribution is -2.48. The number of rotatable bonds is 6. The predicted molar refractivity (Wildman–Crippen MR) is 108 cm³/mol. The molecule has 0 amide bonds. The summed E-state index contributed by atoms with van der Waals surface area (Å²) in [5.41, 5.74) is 3.23. The molecule has 0 spiro atoms. The van der Waals surface area contributed by atoms with E-state index in [4.69, 9.17) is 0 Å². The van der Waals surface area contributed by atoms with Gasteiger partial charge in [0, 0.05) is 43.6 Å². The Morgan fingerprint density at radius 1 is 0.852 bits per heavy atom. The average Bonchev–Trinajstić information content (AvgIpc) is 3.18. The van der Waals surface area contributed by atoms with Crippen molar-refractivity contribution in [2.24, 2.45) is 0 Å². The Balaban J connectivity index is 1.27. The van der Waals surface area contributed by atoms with Crippen LogP contribution in [-0.4, -0.2) is 53.0 Å². The van der Waals surface area contributed by atoms with Crippen molar-refractivity contribution in [3.05, 3.63) is 73.2 Å². The van der Waals surface area contributed by atoms with Crippen molar-refractivity contribution in [1.82, 2.24) is 14.5 Å². The van der Waals surface area contributed by atoms with E-state index in [2.05, 4.69) is 39.0 Å². The van der Waals surface area contributed by atoms with E-state index >= 15 is 0 Å². The van der Waals surface area contributed by atoms with Gasteiger partial charge in [-0.05, 0) is 12.1 Å². The molecule has 0 saturated carbocycles. The molecule has 5 nitrogen and oxygen atoms in total. The number of imidazole rings is 1. The number of nitrogens with zero attached hydrogens (tertiary/aromatic N) is 4. The first-order chi connectivity index (χ1) is 13.3. The van der Waals surface area contributed by atoms with Crippen molar-refractivity contribution in [1.29, 1.82) is 0 Å². The number of carbonyl (C=O) groups is 1. The van der Waals surface area contributed by atoms with E-state index in [1.165, 1.54) is 5.69 Å². The van der Waals surface area contributed by atoms with E-state index in [9.17, 15) is 4.79 Å². The van der Waals surface area contributed by atoms with E-state index < -0.39 is 0 Å². The Morgan fingerprint density at radius 2 is 1.52 bits per heavy atom. The quantitative estimate of drug-likeness (QED) is 0.678. The molecule has 1 fully saturated rings. The fraction of sp³-hybridized carbons (Fsp3) is 0.273. The van der Waals surface area contributed by atoms with Gasteiger partial charge >= 0.3 is 0 Å². The normalized spacial score (nSPS) is 15.0. The number of ketones is 1. The van der Waals surface area contributed by atoms with Gasteiger partial charge in [-0.2, -0.15) is 0 Å². The molecule has 0 aliphatic carbocycles. The van der Waals surface area contributed by atoms with Gasteiger partial charge in [0.1, 0.15) is 0 Å². The van der Waals surface area contributed by atoms with Gasteiger partial charge in [0.05, 0.1) is 25.1 Å². The molecule has 1 aliphatic heterocycles. The van der Waals surface area contributed by atoms with Crippen LogP contribution in [0.25, 0.3) is 11.3 Å². The lowest BCUT2D eigenvalue weighted by Gasteiger charge is -2.35. The van der Waals surface area contributed by atoms with Crippen LogP contribution in [0.2, 0.25) is 0 Å². The van der Waals surface area contributed by atoms with Gasteiger partial charge in [-0.3, -0.25) is 9.69 Å². The predicted octanol–water partition coefficient (Wildman–Crippen LogP) is 2.94. The van der Waals surface area contributed by atoms with Crippen molar-refractivity contribution in [2.75, 3.05) is 37.6 Å². The molecule has 0 bridgehead atoms. The number of para-hydroxylation sites is 1. The van der Waals surface area contributed by atoms with Gasteiger partial charge in [-0.15, -0.1) is 0 Å². The third-order valence-corrected chi connectivity index (χ3v) is 4.96. The summed E-state index contributed by atoms with van der Waals surface area (Å²) in [4.78, 5) is 21.5. The average molecular weight is 360 g/mol. The van der Waals surface area contributed by atoms with Crippen molar-refractivity contribution in [2.45, 2.75) is 6.54 Å². The van der Waals surface area contributed by atoms with Gasteiger partial charge < -0.3 is 9.47 Å². The fourth-order valence-corrected chi connectivity index (χ4v) is 3.51. The molecule has 4 rings (SSSR count). The molecule has 5 heteroatoms. The number of Topliss-reactive ketones (excluding diaryl/α,β-unsaturated/α-hetero) is 1. The Labute approximate surface area is 159 Å². The maximum Gasteiger partial charge on any atom is 0.166 e. The minimum Gasteiger partial charge on any atom is -0.369 e. The van der Waals surface area contributed by atoms with Crippen LogP contribution < -0.4 is 4.90 Å². The summed E-state index contributed by atoms with van der Waals surface area (Å²) in [6, 6.07) is 20.5. The molecule has 2 aromatic carbocycles. The van der Waals surface area contributed by atoms with Crippen molar-refractivity contribution >= 4 is 11.5 Å². The van der Waals surface area contributed by atoms with Crippen LogP contribution in [0.15, 0.2) is 73.2 Å². The van der Waals surface area contributed by atoms with E-state index in [0.717, 1.165) is 37.4 Å². The van der Waals surface area contributed by atoms with Gasteiger partial charge in [0.25, 0.3) is 0 Å². The Hall–Kier alpha value is -2.92. The molecule has 1 aromatic heterocycles. The second-order valence-corrected chi connectivity index (χ2v) is 6.93. The number of aromatic nitrogens is 2. The summed E-state index contributed by atoms with van der Waals surface area (Å²) in [5, 5.41) is 0. The molecule has 3 aromatic rings. The number of benzene rings is 2. The summed E-state index contributed by atoms with van der Waals surface area (Å²) in [7, 11) is 0. The van der Waals surface area contributed by atoms with Crippen LogP contribution in [0.3, 0.4) is 0 Å². The monoisotopic (exact) mass is 360 g/mol. The maximum atomic E-state index is 12.5. The second kappa shape index (κ2) is 8.18. The minimum absolute atomic E-state index is 0.222. The molecule has 0 unspecified atom stereocenters. The first kappa shape index (κ1) is 17.5. The summed E-state index contributed by atoms with van der Waals surface area (Å²) in [6.07, 6.45) is 3.69. The Morgan fingerprint density at radius 3 is 2.22 bits per heavy atom. The van der Waals surface area contributed by atoms with E-state index in [1.54, 1.807) is 6.33 Å². The van der Waals surface area contributed by atoms with Gasteiger partial charge in [-0.1, -0.05) is 48.5 Å². The van der Waals surface area contributed by atoms with Crippen molar-refractivity contribution in [3.8, 4) is 11.3 Å². The molecule has 0 N–H and O–H groups in total. The first-order valence-corrected chi connectivity index (χ1v) is 9.39. The first-order valence-electron chi connectivity index (χ1n) is 9.39. The van der Waals surface area contributed by atoms with E-state index in [-0.39, 0.29) is 5.78 Å². The summed E-state index contributed by atoms with van der Waals surface area (Å²) in [6.45, 7) is 4.63. The smallest absolute Gasteiger partial charge is 0.166 e. The third kappa shape index (κ3) is 4.44. The van der Waals surface area contributed by atoms with Crippen molar-refractivity contribution in [3.63, 3.8) is 0 Å².